The first-order valence-electron chi connectivity index (χ1n) is 5.35. The predicted molar refractivity (Wildman–Crippen MR) is 73.1 cm³/mol. The Kier molecular flexibility index (Phi) is 3.91. The van der Waals surface area contributed by atoms with Crippen molar-refractivity contribution < 1.29 is 17.0 Å². The second-order valence-corrected chi connectivity index (χ2v) is 6.33. The van der Waals surface area contributed by atoms with Gasteiger partial charge in [0.05, 0.1) is 4.47 Å². The highest BCUT2D eigenvalue weighted by molar-refractivity contribution is 9.10. The molecule has 0 unspecified atom stereocenters. The maximum Gasteiger partial charge on any atom is 0.339 e. The molecule has 0 aliphatic carbocycles. The van der Waals surface area contributed by atoms with Crippen LogP contribution in [0.1, 0.15) is 5.56 Å². The molecule has 0 radical (unpaired) electrons. The summed E-state index contributed by atoms with van der Waals surface area (Å²) in [5.74, 6) is -0.470. The maximum absolute atomic E-state index is 13.0. The highest BCUT2D eigenvalue weighted by Gasteiger charge is 2.18. The Hall–Kier alpha value is -1.40. The summed E-state index contributed by atoms with van der Waals surface area (Å²) in [5, 5.41) is 0. The van der Waals surface area contributed by atoms with Gasteiger partial charge in [0, 0.05) is 0 Å². The monoisotopic (exact) mass is 344 g/mol. The van der Waals surface area contributed by atoms with Crippen molar-refractivity contribution in [3.05, 3.63) is 58.3 Å². The molecule has 2 aromatic carbocycles. The van der Waals surface area contributed by atoms with Gasteiger partial charge in [-0.05, 0) is 58.7 Å². The zero-order chi connectivity index (χ0) is 14.0. The molecule has 0 N–H and O–H groups in total. The lowest BCUT2D eigenvalue weighted by atomic mass is 10.2. The zero-order valence-electron chi connectivity index (χ0n) is 9.93. The second-order valence-electron chi connectivity index (χ2n) is 3.93. The van der Waals surface area contributed by atoms with E-state index in [2.05, 4.69) is 15.9 Å². The van der Waals surface area contributed by atoms with Gasteiger partial charge in [-0.25, -0.2) is 4.39 Å². The first-order chi connectivity index (χ1) is 8.88. The summed E-state index contributed by atoms with van der Waals surface area (Å²) in [5.41, 5.74) is 0.961. The van der Waals surface area contributed by atoms with Crippen LogP contribution in [0.5, 0.6) is 5.75 Å². The molecule has 0 fully saturated rings. The van der Waals surface area contributed by atoms with Gasteiger partial charge in [0.15, 0.2) is 5.75 Å². The van der Waals surface area contributed by atoms with Crippen molar-refractivity contribution in [3.8, 4) is 5.75 Å². The van der Waals surface area contributed by atoms with Crippen molar-refractivity contribution in [2.24, 2.45) is 0 Å². The molecule has 0 atom stereocenters. The fraction of sp³-hybridized carbons (Fsp3) is 0.0769. The van der Waals surface area contributed by atoms with E-state index in [1.165, 1.54) is 24.3 Å². The highest BCUT2D eigenvalue weighted by Crippen LogP contribution is 2.28. The maximum atomic E-state index is 13.0. The van der Waals surface area contributed by atoms with Crippen LogP contribution in [0.25, 0.3) is 0 Å². The molecule has 0 spiro atoms. The molecule has 2 rings (SSSR count). The number of rotatable bonds is 3. The Bertz CT molecular complexity index is 714. The van der Waals surface area contributed by atoms with E-state index in [0.29, 0.717) is 4.47 Å². The van der Waals surface area contributed by atoms with Crippen LogP contribution in [-0.4, -0.2) is 8.42 Å². The number of hydrogen-bond acceptors (Lipinski definition) is 3. The minimum atomic E-state index is -4.04. The van der Waals surface area contributed by atoms with Crippen molar-refractivity contribution in [3.63, 3.8) is 0 Å². The van der Waals surface area contributed by atoms with Gasteiger partial charge in [0.1, 0.15) is 10.7 Å². The summed E-state index contributed by atoms with van der Waals surface area (Å²) in [4.78, 5) is -0.222. The molecule has 0 aliphatic heterocycles. The molecule has 0 aliphatic rings. The van der Waals surface area contributed by atoms with Crippen molar-refractivity contribution >= 4 is 26.0 Å². The van der Waals surface area contributed by atoms with Crippen LogP contribution in [-0.2, 0) is 10.1 Å². The molecule has 0 aromatic heterocycles. The minimum Gasteiger partial charge on any atom is -0.378 e. The molecule has 2 aromatic rings. The summed E-state index contributed by atoms with van der Waals surface area (Å²) >= 11 is 3.22. The van der Waals surface area contributed by atoms with Gasteiger partial charge in [0.25, 0.3) is 0 Å². The van der Waals surface area contributed by atoms with E-state index in [-0.39, 0.29) is 10.6 Å². The average molecular weight is 345 g/mol. The topological polar surface area (TPSA) is 43.4 Å². The van der Waals surface area contributed by atoms with Gasteiger partial charge < -0.3 is 4.18 Å². The van der Waals surface area contributed by atoms with Crippen molar-refractivity contribution in [2.45, 2.75) is 11.8 Å². The number of hydrogen-bond donors (Lipinski definition) is 0. The lowest BCUT2D eigenvalue weighted by Crippen LogP contribution is -2.10. The lowest BCUT2D eigenvalue weighted by Gasteiger charge is -2.09. The number of halogens is 2. The molecule has 6 heteroatoms. The standard InChI is InChI=1S/C13H10BrFO3S/c1-9-5-6-13(12(14)7-9)18-19(16,17)11-4-2-3-10(15)8-11/h2-8H,1H3. The molecule has 0 saturated heterocycles. The fourth-order valence-electron chi connectivity index (χ4n) is 1.46. The molecule has 0 heterocycles. The third-order valence-electron chi connectivity index (χ3n) is 2.37. The van der Waals surface area contributed by atoms with Gasteiger partial charge in [-0.3, -0.25) is 0 Å². The van der Waals surface area contributed by atoms with Crippen LogP contribution in [0.15, 0.2) is 51.8 Å². The highest BCUT2D eigenvalue weighted by atomic mass is 79.9. The van der Waals surface area contributed by atoms with Crippen LogP contribution in [0.3, 0.4) is 0 Å². The lowest BCUT2D eigenvalue weighted by molar-refractivity contribution is 0.483. The fourth-order valence-corrected chi connectivity index (χ4v) is 3.12. The number of benzene rings is 2. The van der Waals surface area contributed by atoms with E-state index in [9.17, 15) is 12.8 Å². The van der Waals surface area contributed by atoms with E-state index in [0.717, 1.165) is 11.6 Å². The van der Waals surface area contributed by atoms with Gasteiger partial charge in [-0.1, -0.05) is 12.1 Å². The Morgan fingerprint density at radius 3 is 2.53 bits per heavy atom. The molecule has 100 valence electrons. The summed E-state index contributed by atoms with van der Waals surface area (Å²) in [7, 11) is -4.04. The Labute approximate surface area is 119 Å². The van der Waals surface area contributed by atoms with Gasteiger partial charge >= 0.3 is 10.1 Å². The van der Waals surface area contributed by atoms with Crippen molar-refractivity contribution in [1.29, 1.82) is 0 Å². The molecule has 0 amide bonds. The second kappa shape index (κ2) is 5.30. The summed E-state index contributed by atoms with van der Waals surface area (Å²) in [6, 6.07) is 9.67. The van der Waals surface area contributed by atoms with Crippen molar-refractivity contribution in [1.82, 2.24) is 0 Å². The van der Waals surface area contributed by atoms with Crippen LogP contribution in [0.2, 0.25) is 0 Å². The molecule has 19 heavy (non-hydrogen) atoms. The van der Waals surface area contributed by atoms with Crippen LogP contribution >= 0.6 is 15.9 Å². The van der Waals surface area contributed by atoms with Gasteiger partial charge in [0.2, 0.25) is 0 Å². The van der Waals surface area contributed by atoms with E-state index >= 15 is 0 Å². The molecular weight excluding hydrogens is 335 g/mol. The SMILES string of the molecule is Cc1ccc(OS(=O)(=O)c2cccc(F)c2)c(Br)c1. The van der Waals surface area contributed by atoms with Gasteiger partial charge in [-0.15, -0.1) is 0 Å². The van der Waals surface area contributed by atoms with Gasteiger partial charge in [-0.2, -0.15) is 8.42 Å². The molecule has 3 nitrogen and oxygen atoms in total. The molecule has 0 bridgehead atoms. The Balaban J connectivity index is 2.36. The first kappa shape index (κ1) is 14.0. The van der Waals surface area contributed by atoms with Crippen LogP contribution in [0, 0.1) is 12.7 Å². The van der Waals surface area contributed by atoms with Crippen LogP contribution in [0.4, 0.5) is 4.39 Å². The normalized spacial score (nSPS) is 11.3. The quantitative estimate of drug-likeness (QED) is 0.798. The van der Waals surface area contributed by atoms with E-state index < -0.39 is 15.9 Å². The summed E-state index contributed by atoms with van der Waals surface area (Å²) in [6.45, 7) is 1.87. The first-order valence-corrected chi connectivity index (χ1v) is 7.55. The minimum absolute atomic E-state index is 0.162. The van der Waals surface area contributed by atoms with E-state index in [1.807, 2.05) is 6.92 Å². The predicted octanol–water partition coefficient (Wildman–Crippen LogP) is 3.66. The summed E-state index contributed by atoms with van der Waals surface area (Å²) in [6.07, 6.45) is 0. The largest absolute Gasteiger partial charge is 0.378 e. The van der Waals surface area contributed by atoms with Crippen molar-refractivity contribution in [2.75, 3.05) is 0 Å². The Morgan fingerprint density at radius 1 is 1.16 bits per heavy atom. The smallest absolute Gasteiger partial charge is 0.339 e. The zero-order valence-corrected chi connectivity index (χ0v) is 12.3. The third kappa shape index (κ3) is 3.33. The van der Waals surface area contributed by atoms with E-state index in [1.54, 1.807) is 12.1 Å². The molecular formula is C13H10BrFO3S. The third-order valence-corrected chi connectivity index (χ3v) is 4.22. The van der Waals surface area contributed by atoms with Crippen LogP contribution < -0.4 is 4.18 Å². The molecule has 0 saturated carbocycles. The number of aryl methyl sites for hydroxylation is 1. The summed E-state index contributed by atoms with van der Waals surface area (Å²) < 4.78 is 42.5. The van der Waals surface area contributed by atoms with E-state index in [4.69, 9.17) is 4.18 Å². The Morgan fingerprint density at radius 2 is 1.89 bits per heavy atom. The average Bonchev–Trinajstić information content (AvgIpc) is 2.33.